The molecule has 3 heteroatoms. The first-order valence-electron chi connectivity index (χ1n) is 10.0. The maximum Gasteiger partial charge on any atom is 0.119 e. The molecule has 3 aromatic carbocycles. The van der Waals surface area contributed by atoms with Gasteiger partial charge >= 0.3 is 0 Å². The second-order valence-corrected chi connectivity index (χ2v) is 7.30. The van der Waals surface area contributed by atoms with Crippen LogP contribution in [0.25, 0.3) is 11.1 Å². The molecule has 0 atom stereocenters. The fraction of sp³-hybridized carbons (Fsp3) is 0.259. The fourth-order valence-corrected chi connectivity index (χ4v) is 3.37. The number of likely N-dealkylation sites (N-methyl/N-ethyl adjacent to an activating group) is 1. The van der Waals surface area contributed by atoms with Crippen LogP contribution >= 0.6 is 0 Å². The van der Waals surface area contributed by atoms with Crippen molar-refractivity contribution < 1.29 is 9.84 Å². The van der Waals surface area contributed by atoms with Crippen LogP contribution < -0.4 is 4.74 Å². The standard InChI is InChI=1S/C26H29NO2.CH4/c1-4-25(20-8-6-5-7-9-20)26(21-10-14-23(28)15-11-21)22-12-16-24(17-13-22)29-19-18-27(2)3;/h5-17,28H,4,18-19H2,1-3H3;1H4/b26-25-;. The minimum absolute atomic E-state index is 0. The molecule has 1 N–H and O–H groups in total. The highest BCUT2D eigenvalue weighted by Gasteiger charge is 2.13. The summed E-state index contributed by atoms with van der Waals surface area (Å²) in [5.74, 6) is 1.15. The van der Waals surface area contributed by atoms with Crippen LogP contribution in [0.5, 0.6) is 11.5 Å². The molecule has 0 heterocycles. The summed E-state index contributed by atoms with van der Waals surface area (Å²) >= 11 is 0. The van der Waals surface area contributed by atoms with E-state index in [9.17, 15) is 5.11 Å². The molecule has 30 heavy (non-hydrogen) atoms. The monoisotopic (exact) mass is 403 g/mol. The van der Waals surface area contributed by atoms with Crippen molar-refractivity contribution in [2.45, 2.75) is 20.8 Å². The van der Waals surface area contributed by atoms with E-state index in [2.05, 4.69) is 48.2 Å². The number of benzene rings is 3. The lowest BCUT2D eigenvalue weighted by molar-refractivity contribution is 0.261. The highest BCUT2D eigenvalue weighted by atomic mass is 16.5. The third kappa shape index (κ3) is 5.98. The summed E-state index contributed by atoms with van der Waals surface area (Å²) in [6.45, 7) is 3.73. The van der Waals surface area contributed by atoms with Gasteiger partial charge in [-0.25, -0.2) is 0 Å². The van der Waals surface area contributed by atoms with Gasteiger partial charge < -0.3 is 14.7 Å². The van der Waals surface area contributed by atoms with Gasteiger partial charge in [0, 0.05) is 6.54 Å². The van der Waals surface area contributed by atoms with E-state index in [0.717, 1.165) is 29.8 Å². The van der Waals surface area contributed by atoms with Crippen LogP contribution in [0.4, 0.5) is 0 Å². The summed E-state index contributed by atoms with van der Waals surface area (Å²) in [5, 5.41) is 9.74. The second kappa shape index (κ2) is 11.2. The topological polar surface area (TPSA) is 32.7 Å². The number of nitrogens with zero attached hydrogens (tertiary/aromatic N) is 1. The Balaban J connectivity index is 0.00000320. The molecule has 0 fully saturated rings. The SMILES string of the molecule is C.CC/C(=C(\c1ccc(O)cc1)c1ccc(OCCN(C)C)cc1)c1ccccc1. The van der Waals surface area contributed by atoms with Gasteiger partial charge in [-0.3, -0.25) is 0 Å². The van der Waals surface area contributed by atoms with Crippen LogP contribution in [0.15, 0.2) is 78.9 Å². The van der Waals surface area contributed by atoms with Gasteiger partial charge in [-0.1, -0.05) is 68.9 Å². The van der Waals surface area contributed by atoms with Crippen molar-refractivity contribution in [3.8, 4) is 11.5 Å². The zero-order valence-electron chi connectivity index (χ0n) is 17.4. The van der Waals surface area contributed by atoms with Gasteiger partial charge in [0.2, 0.25) is 0 Å². The summed E-state index contributed by atoms with van der Waals surface area (Å²) in [6, 6.07) is 26.2. The Morgan fingerprint density at radius 3 is 1.90 bits per heavy atom. The zero-order valence-corrected chi connectivity index (χ0v) is 17.4. The molecule has 0 aromatic heterocycles. The zero-order chi connectivity index (χ0) is 20.6. The third-order valence-electron chi connectivity index (χ3n) is 4.88. The van der Waals surface area contributed by atoms with Crippen molar-refractivity contribution in [3.05, 3.63) is 95.6 Å². The predicted molar refractivity (Wildman–Crippen MR) is 128 cm³/mol. The first-order chi connectivity index (χ1) is 14.1. The van der Waals surface area contributed by atoms with E-state index in [1.807, 2.05) is 44.4 Å². The number of phenolic OH excluding ortho intramolecular Hbond substituents is 1. The van der Waals surface area contributed by atoms with Crippen molar-refractivity contribution in [2.75, 3.05) is 27.2 Å². The molecule has 0 radical (unpaired) electrons. The minimum Gasteiger partial charge on any atom is -0.508 e. The van der Waals surface area contributed by atoms with E-state index in [1.165, 1.54) is 16.7 Å². The molecule has 0 unspecified atom stereocenters. The van der Waals surface area contributed by atoms with E-state index in [1.54, 1.807) is 12.1 Å². The van der Waals surface area contributed by atoms with Gasteiger partial charge in [-0.2, -0.15) is 0 Å². The summed E-state index contributed by atoms with van der Waals surface area (Å²) < 4.78 is 5.85. The molecule has 3 aromatic rings. The van der Waals surface area contributed by atoms with E-state index in [-0.39, 0.29) is 13.2 Å². The predicted octanol–water partition coefficient (Wildman–Crippen LogP) is 6.34. The average Bonchev–Trinajstić information content (AvgIpc) is 2.74. The molecule has 0 saturated carbocycles. The van der Waals surface area contributed by atoms with Gasteiger partial charge in [0.05, 0.1) is 0 Å². The highest BCUT2D eigenvalue weighted by molar-refractivity contribution is 5.98. The number of aromatic hydroxyl groups is 1. The van der Waals surface area contributed by atoms with E-state index < -0.39 is 0 Å². The Bertz CT molecular complexity index is 927. The largest absolute Gasteiger partial charge is 0.508 e. The molecule has 0 bridgehead atoms. The average molecular weight is 404 g/mol. The maximum absolute atomic E-state index is 9.74. The first kappa shape index (κ1) is 23.2. The van der Waals surface area contributed by atoms with Crippen molar-refractivity contribution in [1.29, 1.82) is 0 Å². The lowest BCUT2D eigenvalue weighted by Crippen LogP contribution is -2.19. The molecule has 0 aliphatic rings. The van der Waals surface area contributed by atoms with Crippen molar-refractivity contribution in [3.63, 3.8) is 0 Å². The van der Waals surface area contributed by atoms with Crippen molar-refractivity contribution >= 4 is 11.1 Å². The highest BCUT2D eigenvalue weighted by Crippen LogP contribution is 2.35. The Hall–Kier alpha value is -3.04. The smallest absolute Gasteiger partial charge is 0.119 e. The van der Waals surface area contributed by atoms with Gasteiger partial charge in [0.15, 0.2) is 0 Å². The Labute approximate surface area is 181 Å². The summed E-state index contributed by atoms with van der Waals surface area (Å²) in [7, 11) is 4.08. The van der Waals surface area contributed by atoms with Crippen LogP contribution in [0, 0.1) is 0 Å². The molecular weight excluding hydrogens is 370 g/mol. The molecule has 0 aliphatic carbocycles. The Morgan fingerprint density at radius 2 is 1.37 bits per heavy atom. The summed E-state index contributed by atoms with van der Waals surface area (Å²) in [5.41, 5.74) is 5.89. The van der Waals surface area contributed by atoms with E-state index in [4.69, 9.17) is 4.74 Å². The maximum atomic E-state index is 9.74. The summed E-state index contributed by atoms with van der Waals surface area (Å²) in [6.07, 6.45) is 0.904. The van der Waals surface area contributed by atoms with Crippen LogP contribution in [0.3, 0.4) is 0 Å². The number of hydrogen-bond donors (Lipinski definition) is 1. The fourth-order valence-electron chi connectivity index (χ4n) is 3.37. The van der Waals surface area contributed by atoms with Crippen LogP contribution in [-0.4, -0.2) is 37.3 Å². The Kier molecular flexibility index (Phi) is 8.70. The molecule has 0 aliphatic heterocycles. The van der Waals surface area contributed by atoms with Crippen molar-refractivity contribution in [1.82, 2.24) is 4.90 Å². The number of hydrogen-bond acceptors (Lipinski definition) is 3. The quantitative estimate of drug-likeness (QED) is 0.446. The van der Waals surface area contributed by atoms with Gasteiger partial charge in [0.1, 0.15) is 18.1 Å². The normalized spacial score (nSPS) is 11.6. The number of rotatable bonds is 8. The van der Waals surface area contributed by atoms with E-state index >= 15 is 0 Å². The molecule has 3 rings (SSSR count). The lowest BCUT2D eigenvalue weighted by Gasteiger charge is -2.17. The van der Waals surface area contributed by atoms with Crippen molar-refractivity contribution in [2.24, 2.45) is 0 Å². The Morgan fingerprint density at radius 1 is 0.800 bits per heavy atom. The molecule has 0 amide bonds. The van der Waals surface area contributed by atoms with Crippen LogP contribution in [0.1, 0.15) is 37.5 Å². The third-order valence-corrected chi connectivity index (χ3v) is 4.88. The lowest BCUT2D eigenvalue weighted by atomic mass is 9.88. The summed E-state index contributed by atoms with van der Waals surface area (Å²) in [4.78, 5) is 2.10. The number of allylic oxidation sites excluding steroid dienone is 1. The second-order valence-electron chi connectivity index (χ2n) is 7.30. The van der Waals surface area contributed by atoms with Gasteiger partial charge in [-0.05, 0) is 72.6 Å². The minimum atomic E-state index is 0. The molecule has 0 spiro atoms. The van der Waals surface area contributed by atoms with Gasteiger partial charge in [-0.15, -0.1) is 0 Å². The van der Waals surface area contributed by atoms with Crippen LogP contribution in [-0.2, 0) is 0 Å². The van der Waals surface area contributed by atoms with E-state index in [0.29, 0.717) is 6.61 Å². The molecular formula is C27H33NO2. The number of ether oxygens (including phenoxy) is 1. The number of phenols is 1. The molecule has 0 saturated heterocycles. The van der Waals surface area contributed by atoms with Crippen LogP contribution in [0.2, 0.25) is 0 Å². The molecule has 3 nitrogen and oxygen atoms in total. The van der Waals surface area contributed by atoms with Gasteiger partial charge in [0.25, 0.3) is 0 Å². The first-order valence-corrected chi connectivity index (χ1v) is 10.0. The molecule has 158 valence electrons.